The van der Waals surface area contributed by atoms with Crippen molar-refractivity contribution in [3.63, 3.8) is 0 Å². The van der Waals surface area contributed by atoms with Gasteiger partial charge in [0.05, 0.1) is 0 Å². The maximum absolute atomic E-state index is 11.9. The molecule has 1 N–H and O–H groups in total. The highest BCUT2D eigenvalue weighted by molar-refractivity contribution is 5.67. The Balaban J connectivity index is 1.53. The molecule has 1 aliphatic carbocycles. The van der Waals surface area contributed by atoms with Crippen molar-refractivity contribution in [3.8, 4) is 0 Å². The Labute approximate surface area is 139 Å². The predicted octanol–water partition coefficient (Wildman–Crippen LogP) is 3.42. The van der Waals surface area contributed by atoms with Crippen LogP contribution in [0.25, 0.3) is 0 Å². The second-order valence-corrected chi connectivity index (χ2v) is 8.11. The molecule has 23 heavy (non-hydrogen) atoms. The van der Waals surface area contributed by atoms with Gasteiger partial charge in [-0.3, -0.25) is 4.90 Å². The fourth-order valence-electron chi connectivity index (χ4n) is 3.88. The SMILES string of the molecule is CC(C)(C)OC(=O)NC[C@]12CC[C@@H]1CN(Cc1ccccc1)C2. The fraction of sp³-hybridized carbons (Fsp3) is 0.632. The molecule has 0 unspecified atom stereocenters. The van der Waals surface area contributed by atoms with Crippen LogP contribution in [0.1, 0.15) is 39.2 Å². The number of alkyl carbamates (subject to hydrolysis) is 1. The molecule has 1 amide bonds. The van der Waals surface area contributed by atoms with Crippen LogP contribution in [0.2, 0.25) is 0 Å². The zero-order valence-corrected chi connectivity index (χ0v) is 14.5. The first-order chi connectivity index (χ1) is 10.9. The van der Waals surface area contributed by atoms with E-state index in [2.05, 4.69) is 40.5 Å². The number of likely N-dealkylation sites (tertiary alicyclic amines) is 1. The van der Waals surface area contributed by atoms with E-state index < -0.39 is 5.60 Å². The lowest BCUT2D eigenvalue weighted by molar-refractivity contribution is 0.0391. The molecule has 1 aliphatic heterocycles. The van der Waals surface area contributed by atoms with Gasteiger partial charge in [0.2, 0.25) is 0 Å². The summed E-state index contributed by atoms with van der Waals surface area (Å²) in [6, 6.07) is 10.6. The predicted molar refractivity (Wildman–Crippen MR) is 91.1 cm³/mol. The molecule has 1 saturated heterocycles. The Morgan fingerprint density at radius 3 is 2.70 bits per heavy atom. The van der Waals surface area contributed by atoms with Gasteiger partial charge in [0, 0.05) is 31.6 Å². The Morgan fingerprint density at radius 1 is 1.35 bits per heavy atom. The first-order valence-electron chi connectivity index (χ1n) is 8.59. The van der Waals surface area contributed by atoms with E-state index in [1.54, 1.807) is 0 Å². The van der Waals surface area contributed by atoms with Crippen molar-refractivity contribution in [2.45, 2.75) is 45.8 Å². The maximum Gasteiger partial charge on any atom is 0.407 e. The van der Waals surface area contributed by atoms with E-state index in [9.17, 15) is 4.79 Å². The number of hydrogen-bond acceptors (Lipinski definition) is 3. The summed E-state index contributed by atoms with van der Waals surface area (Å²) < 4.78 is 5.36. The van der Waals surface area contributed by atoms with E-state index in [-0.39, 0.29) is 11.5 Å². The van der Waals surface area contributed by atoms with Gasteiger partial charge in [-0.1, -0.05) is 30.3 Å². The van der Waals surface area contributed by atoms with Crippen molar-refractivity contribution in [1.29, 1.82) is 0 Å². The van der Waals surface area contributed by atoms with E-state index in [0.29, 0.717) is 5.92 Å². The molecule has 1 heterocycles. The molecular weight excluding hydrogens is 288 g/mol. The maximum atomic E-state index is 11.9. The molecule has 1 saturated carbocycles. The van der Waals surface area contributed by atoms with Crippen LogP contribution in [-0.4, -0.2) is 36.2 Å². The molecule has 0 bridgehead atoms. The van der Waals surface area contributed by atoms with Crippen molar-refractivity contribution >= 4 is 6.09 Å². The van der Waals surface area contributed by atoms with Gasteiger partial charge >= 0.3 is 6.09 Å². The topological polar surface area (TPSA) is 41.6 Å². The second-order valence-electron chi connectivity index (χ2n) is 8.11. The van der Waals surface area contributed by atoms with E-state index >= 15 is 0 Å². The Morgan fingerprint density at radius 2 is 2.09 bits per heavy atom. The van der Waals surface area contributed by atoms with E-state index in [0.717, 1.165) is 26.2 Å². The molecule has 126 valence electrons. The molecule has 1 aromatic rings. The minimum atomic E-state index is -0.435. The molecule has 1 aromatic carbocycles. The van der Waals surface area contributed by atoms with Gasteiger partial charge in [0.15, 0.2) is 0 Å². The van der Waals surface area contributed by atoms with Crippen molar-refractivity contribution in [2.75, 3.05) is 19.6 Å². The smallest absolute Gasteiger partial charge is 0.407 e. The fourth-order valence-corrected chi connectivity index (χ4v) is 3.88. The van der Waals surface area contributed by atoms with Gasteiger partial charge in [-0.05, 0) is 45.1 Å². The average Bonchev–Trinajstić information content (AvgIpc) is 2.69. The lowest BCUT2D eigenvalue weighted by atomic mass is 9.62. The number of carbonyl (C=O) groups is 1. The number of rotatable bonds is 4. The summed E-state index contributed by atoms with van der Waals surface area (Å²) in [4.78, 5) is 14.4. The lowest BCUT2D eigenvalue weighted by Gasteiger charge is -2.44. The van der Waals surface area contributed by atoms with E-state index in [4.69, 9.17) is 4.74 Å². The van der Waals surface area contributed by atoms with Crippen molar-refractivity contribution in [3.05, 3.63) is 35.9 Å². The zero-order valence-electron chi connectivity index (χ0n) is 14.5. The first kappa shape index (κ1) is 16.3. The number of ether oxygens (including phenoxy) is 1. The highest BCUT2D eigenvalue weighted by Crippen LogP contribution is 2.51. The average molecular weight is 316 g/mol. The third-order valence-corrected chi connectivity index (χ3v) is 5.11. The van der Waals surface area contributed by atoms with Gasteiger partial charge in [-0.15, -0.1) is 0 Å². The number of amides is 1. The standard InChI is InChI=1S/C19H28N2O2/c1-18(2,3)23-17(22)20-13-19-10-9-16(19)12-21(14-19)11-15-7-5-4-6-8-15/h4-8,16H,9-14H2,1-3H3,(H,20,22)/t16-,19+/m1/s1. The molecule has 0 spiro atoms. The van der Waals surface area contributed by atoms with Crippen molar-refractivity contribution in [1.82, 2.24) is 10.2 Å². The number of nitrogens with zero attached hydrogens (tertiary/aromatic N) is 1. The van der Waals surface area contributed by atoms with E-state index in [1.165, 1.54) is 18.4 Å². The summed E-state index contributed by atoms with van der Waals surface area (Å²) in [6.45, 7) is 9.65. The normalized spacial score (nSPS) is 27.2. The van der Waals surface area contributed by atoms with Crippen LogP contribution in [0, 0.1) is 11.3 Å². The minimum absolute atomic E-state index is 0.256. The summed E-state index contributed by atoms with van der Waals surface area (Å²) in [7, 11) is 0. The van der Waals surface area contributed by atoms with Gasteiger partial charge in [0.25, 0.3) is 0 Å². The van der Waals surface area contributed by atoms with Gasteiger partial charge in [-0.25, -0.2) is 4.79 Å². The molecule has 4 heteroatoms. The van der Waals surface area contributed by atoms with Crippen LogP contribution >= 0.6 is 0 Å². The number of fused-ring (bicyclic) bond motifs is 1. The molecule has 2 atom stereocenters. The Kier molecular flexibility index (Phi) is 4.37. The summed E-state index contributed by atoms with van der Waals surface area (Å²) in [5, 5.41) is 3.00. The van der Waals surface area contributed by atoms with Crippen LogP contribution in [0.15, 0.2) is 30.3 Å². The van der Waals surface area contributed by atoms with Crippen LogP contribution in [0.3, 0.4) is 0 Å². The first-order valence-corrected chi connectivity index (χ1v) is 8.59. The van der Waals surface area contributed by atoms with E-state index in [1.807, 2.05) is 20.8 Å². The summed E-state index contributed by atoms with van der Waals surface area (Å²) in [5.74, 6) is 0.709. The largest absolute Gasteiger partial charge is 0.444 e. The van der Waals surface area contributed by atoms with Crippen LogP contribution in [0.4, 0.5) is 4.79 Å². The molecule has 0 radical (unpaired) electrons. The molecule has 0 aromatic heterocycles. The number of hydrogen-bond donors (Lipinski definition) is 1. The molecule has 3 rings (SSSR count). The molecule has 2 fully saturated rings. The number of benzene rings is 1. The Bertz CT molecular complexity index is 552. The third-order valence-electron chi connectivity index (χ3n) is 5.11. The molecule has 4 nitrogen and oxygen atoms in total. The quantitative estimate of drug-likeness (QED) is 0.925. The van der Waals surface area contributed by atoms with Crippen molar-refractivity contribution in [2.24, 2.45) is 11.3 Å². The van der Waals surface area contributed by atoms with Gasteiger partial charge < -0.3 is 10.1 Å². The van der Waals surface area contributed by atoms with Crippen molar-refractivity contribution < 1.29 is 9.53 Å². The van der Waals surface area contributed by atoms with Crippen LogP contribution in [-0.2, 0) is 11.3 Å². The molecular formula is C19H28N2O2. The third kappa shape index (κ3) is 3.86. The minimum Gasteiger partial charge on any atom is -0.444 e. The second kappa shape index (κ2) is 6.16. The zero-order chi connectivity index (χ0) is 16.5. The summed E-state index contributed by atoms with van der Waals surface area (Å²) in [5.41, 5.74) is 1.19. The summed E-state index contributed by atoms with van der Waals surface area (Å²) >= 11 is 0. The monoisotopic (exact) mass is 316 g/mol. The lowest BCUT2D eigenvalue weighted by Crippen LogP contribution is -2.49. The van der Waals surface area contributed by atoms with Crippen LogP contribution < -0.4 is 5.32 Å². The number of nitrogens with one attached hydrogen (secondary N) is 1. The Hall–Kier alpha value is -1.55. The molecule has 2 aliphatic rings. The highest BCUT2D eigenvalue weighted by Gasteiger charge is 2.52. The van der Waals surface area contributed by atoms with Gasteiger partial charge in [-0.2, -0.15) is 0 Å². The summed E-state index contributed by atoms with van der Waals surface area (Å²) in [6.07, 6.45) is 2.19. The van der Waals surface area contributed by atoms with Gasteiger partial charge in [0.1, 0.15) is 5.60 Å². The number of carbonyl (C=O) groups excluding carboxylic acids is 1. The van der Waals surface area contributed by atoms with Crippen LogP contribution in [0.5, 0.6) is 0 Å². The highest BCUT2D eigenvalue weighted by atomic mass is 16.6.